The van der Waals surface area contributed by atoms with Crippen LogP contribution >= 0.6 is 23.2 Å². The number of carbonyl (C=O) groups excluding carboxylic acids is 1. The number of amides is 1. The fourth-order valence-corrected chi connectivity index (χ4v) is 3.13. The molecule has 0 radical (unpaired) electrons. The first-order chi connectivity index (χ1) is 11.5. The molecule has 0 fully saturated rings. The molecule has 1 aromatic heterocycles. The first-order valence-corrected chi connectivity index (χ1v) is 8.17. The van der Waals surface area contributed by atoms with Gasteiger partial charge < -0.3 is 15.0 Å². The lowest BCUT2D eigenvalue weighted by Gasteiger charge is -2.27. The Balaban J connectivity index is 1.64. The van der Waals surface area contributed by atoms with E-state index in [2.05, 4.69) is 15.3 Å². The molecule has 1 aromatic rings. The molecule has 1 amide bonds. The third-order valence-corrected chi connectivity index (χ3v) is 4.46. The summed E-state index contributed by atoms with van der Waals surface area (Å²) < 4.78 is 1.85. The number of fused-ring (bicyclic) bond motifs is 1. The van der Waals surface area contributed by atoms with Gasteiger partial charge in [-0.1, -0.05) is 29.3 Å². The van der Waals surface area contributed by atoms with Crippen molar-refractivity contribution in [1.29, 1.82) is 0 Å². The van der Waals surface area contributed by atoms with Crippen LogP contribution in [0, 0.1) is 0 Å². The van der Waals surface area contributed by atoms with Gasteiger partial charge in [0, 0.05) is 31.2 Å². The number of carbonyl (C=O) groups is 1. The molecule has 0 saturated heterocycles. The summed E-state index contributed by atoms with van der Waals surface area (Å²) in [6.07, 6.45) is 8.02. The second-order valence-corrected chi connectivity index (χ2v) is 6.45. The van der Waals surface area contributed by atoms with E-state index < -0.39 is 12.1 Å². The van der Waals surface area contributed by atoms with Crippen molar-refractivity contribution in [1.82, 2.24) is 14.9 Å². The van der Waals surface area contributed by atoms with E-state index in [1.807, 2.05) is 17.8 Å². The van der Waals surface area contributed by atoms with Gasteiger partial charge in [-0.05, 0) is 17.7 Å². The topological polar surface area (TPSA) is 79.5 Å². The lowest BCUT2D eigenvalue weighted by Crippen LogP contribution is -2.37. The molecule has 0 saturated carbocycles. The zero-order valence-electron chi connectivity index (χ0n) is 12.9. The number of hydrogen-bond donors (Lipinski definition) is 2. The standard InChI is InChI=1S/C16H16Cl2N4O2/c1-22-7-9(20-8-22)4-5-19-16(24)13-3-2-10-11(17)6-12(18)15(23)14(10)21-13/h2-3,6-8,14-15,23H,4-5H2,1H3,(H,19,24). The van der Waals surface area contributed by atoms with Gasteiger partial charge in [0.1, 0.15) is 17.9 Å². The number of dihydropyridines is 1. The molecule has 126 valence electrons. The summed E-state index contributed by atoms with van der Waals surface area (Å²) in [5.74, 6) is -0.310. The fourth-order valence-electron chi connectivity index (χ4n) is 2.56. The van der Waals surface area contributed by atoms with Crippen LogP contribution in [0.1, 0.15) is 5.69 Å². The summed E-state index contributed by atoms with van der Waals surface area (Å²) in [5.41, 5.74) is 1.79. The van der Waals surface area contributed by atoms with Crippen molar-refractivity contribution < 1.29 is 9.90 Å². The maximum Gasteiger partial charge on any atom is 0.269 e. The van der Waals surface area contributed by atoms with Crippen molar-refractivity contribution in [3.05, 3.63) is 52.1 Å². The molecular formula is C16H16Cl2N4O2. The molecule has 2 N–H and O–H groups in total. The zero-order chi connectivity index (χ0) is 17.3. The van der Waals surface area contributed by atoms with E-state index in [9.17, 15) is 9.90 Å². The maximum absolute atomic E-state index is 12.2. The van der Waals surface area contributed by atoms with E-state index in [0.29, 0.717) is 23.6 Å². The molecule has 2 unspecified atom stereocenters. The zero-order valence-corrected chi connectivity index (χ0v) is 14.4. The van der Waals surface area contributed by atoms with Gasteiger partial charge in [0.15, 0.2) is 0 Å². The van der Waals surface area contributed by atoms with E-state index in [4.69, 9.17) is 23.2 Å². The normalized spacial score (nSPS) is 22.8. The molecule has 2 aliphatic rings. The highest BCUT2D eigenvalue weighted by atomic mass is 35.5. The van der Waals surface area contributed by atoms with Crippen molar-refractivity contribution in [3.8, 4) is 0 Å². The Bertz CT molecular complexity index is 792. The van der Waals surface area contributed by atoms with Gasteiger partial charge in [-0.25, -0.2) is 4.98 Å². The number of nitrogens with zero attached hydrogens (tertiary/aromatic N) is 3. The molecule has 2 heterocycles. The molecule has 1 aliphatic carbocycles. The van der Waals surface area contributed by atoms with Crippen molar-refractivity contribution in [2.45, 2.75) is 18.6 Å². The summed E-state index contributed by atoms with van der Waals surface area (Å²) >= 11 is 12.1. The number of imidazole rings is 1. The van der Waals surface area contributed by atoms with Gasteiger partial charge in [-0.2, -0.15) is 0 Å². The quantitative estimate of drug-likeness (QED) is 0.846. The number of aryl methyl sites for hydroxylation is 1. The summed E-state index contributed by atoms with van der Waals surface area (Å²) in [5, 5.41) is 13.6. The number of aliphatic hydroxyl groups excluding tert-OH is 1. The van der Waals surface area contributed by atoms with Gasteiger partial charge in [0.2, 0.25) is 0 Å². The first-order valence-electron chi connectivity index (χ1n) is 7.41. The van der Waals surface area contributed by atoms with Gasteiger partial charge >= 0.3 is 0 Å². The van der Waals surface area contributed by atoms with Crippen molar-refractivity contribution >= 4 is 34.8 Å². The minimum atomic E-state index is -0.995. The number of nitrogens with one attached hydrogen (secondary N) is 1. The highest BCUT2D eigenvalue weighted by molar-refractivity contribution is 6.44. The Kier molecular flexibility index (Phi) is 4.89. The van der Waals surface area contributed by atoms with Crippen LogP contribution in [-0.4, -0.2) is 45.0 Å². The molecule has 8 heteroatoms. The number of rotatable bonds is 4. The Morgan fingerprint density at radius 2 is 2.21 bits per heavy atom. The summed E-state index contributed by atoms with van der Waals surface area (Å²) in [6.45, 7) is 0.444. The van der Waals surface area contributed by atoms with Crippen LogP contribution < -0.4 is 5.32 Å². The predicted octanol–water partition coefficient (Wildman–Crippen LogP) is 1.45. The fraction of sp³-hybridized carbons (Fsp3) is 0.312. The molecular weight excluding hydrogens is 351 g/mol. The monoisotopic (exact) mass is 366 g/mol. The van der Waals surface area contributed by atoms with E-state index in [-0.39, 0.29) is 16.7 Å². The van der Waals surface area contributed by atoms with E-state index >= 15 is 0 Å². The van der Waals surface area contributed by atoms with Crippen molar-refractivity contribution in [2.75, 3.05) is 6.54 Å². The average Bonchev–Trinajstić information content (AvgIpc) is 2.97. The third-order valence-electron chi connectivity index (χ3n) is 3.80. The van der Waals surface area contributed by atoms with Crippen LogP contribution in [0.25, 0.3) is 0 Å². The highest BCUT2D eigenvalue weighted by Crippen LogP contribution is 2.33. The minimum absolute atomic E-state index is 0.211. The first kappa shape index (κ1) is 17.0. The van der Waals surface area contributed by atoms with Crippen LogP contribution in [0.3, 0.4) is 0 Å². The molecule has 0 bridgehead atoms. The van der Waals surface area contributed by atoms with Crippen LogP contribution in [-0.2, 0) is 18.3 Å². The smallest absolute Gasteiger partial charge is 0.269 e. The van der Waals surface area contributed by atoms with E-state index in [0.717, 1.165) is 5.69 Å². The molecule has 2 atom stereocenters. The van der Waals surface area contributed by atoms with Crippen LogP contribution in [0.4, 0.5) is 0 Å². The summed E-state index contributed by atoms with van der Waals surface area (Å²) in [6, 6.07) is -0.656. The van der Waals surface area contributed by atoms with Gasteiger partial charge in [0.05, 0.1) is 17.1 Å². The number of aliphatic imine (C=N–C) groups is 1. The van der Waals surface area contributed by atoms with E-state index in [1.165, 1.54) is 6.08 Å². The molecule has 3 rings (SSSR count). The van der Waals surface area contributed by atoms with Gasteiger partial charge in [0.25, 0.3) is 5.91 Å². The number of aliphatic hydroxyl groups is 1. The lowest BCUT2D eigenvalue weighted by atomic mass is 9.93. The molecule has 0 spiro atoms. The number of hydrogen-bond acceptors (Lipinski definition) is 4. The van der Waals surface area contributed by atoms with Gasteiger partial charge in [-0.15, -0.1) is 0 Å². The van der Waals surface area contributed by atoms with Crippen LogP contribution in [0.15, 0.2) is 51.4 Å². The van der Waals surface area contributed by atoms with Crippen molar-refractivity contribution in [3.63, 3.8) is 0 Å². The molecule has 0 aromatic carbocycles. The highest BCUT2D eigenvalue weighted by Gasteiger charge is 2.32. The number of aromatic nitrogens is 2. The maximum atomic E-state index is 12.2. The van der Waals surface area contributed by atoms with Crippen LogP contribution in [0.2, 0.25) is 0 Å². The molecule has 24 heavy (non-hydrogen) atoms. The molecule has 6 nitrogen and oxygen atoms in total. The number of halogens is 2. The second-order valence-electron chi connectivity index (χ2n) is 5.61. The Morgan fingerprint density at radius 3 is 2.92 bits per heavy atom. The van der Waals surface area contributed by atoms with Crippen molar-refractivity contribution in [2.24, 2.45) is 12.0 Å². The largest absolute Gasteiger partial charge is 0.385 e. The summed E-state index contributed by atoms with van der Waals surface area (Å²) in [4.78, 5) is 20.7. The Hall–Kier alpha value is -1.89. The predicted molar refractivity (Wildman–Crippen MR) is 93.1 cm³/mol. The lowest BCUT2D eigenvalue weighted by molar-refractivity contribution is -0.114. The van der Waals surface area contributed by atoms with Crippen LogP contribution in [0.5, 0.6) is 0 Å². The Morgan fingerprint density at radius 1 is 1.42 bits per heavy atom. The average molecular weight is 367 g/mol. The Labute approximate surface area is 149 Å². The third kappa shape index (κ3) is 3.45. The molecule has 1 aliphatic heterocycles. The van der Waals surface area contributed by atoms with Gasteiger partial charge in [-0.3, -0.25) is 9.79 Å². The number of allylic oxidation sites excluding steroid dienone is 2. The van der Waals surface area contributed by atoms with E-state index in [1.54, 1.807) is 18.5 Å². The SMILES string of the molecule is Cn1cnc(CCNC(=O)C2=NC3C(=C(Cl)C=C(Cl)C3O)C=C2)c1. The second kappa shape index (κ2) is 6.93. The summed E-state index contributed by atoms with van der Waals surface area (Å²) in [7, 11) is 1.89. The minimum Gasteiger partial charge on any atom is -0.385 e.